The summed E-state index contributed by atoms with van der Waals surface area (Å²) in [5.74, 6) is -1.14. The molecule has 2 N–H and O–H groups in total. The first-order valence-corrected chi connectivity index (χ1v) is 11.8. The van der Waals surface area contributed by atoms with E-state index in [0.717, 1.165) is 12.8 Å². The number of unbranched alkanes of at least 4 members (excludes halogenated alkanes) is 2. The van der Waals surface area contributed by atoms with Gasteiger partial charge in [-0.05, 0) is 25.5 Å². The summed E-state index contributed by atoms with van der Waals surface area (Å²) in [5.41, 5.74) is 0.551. The molecule has 10 heteroatoms. The first-order valence-electron chi connectivity index (χ1n) is 8.31. The molecule has 0 saturated heterocycles. The van der Waals surface area contributed by atoms with E-state index in [1.807, 2.05) is 6.92 Å². The third-order valence-corrected chi connectivity index (χ3v) is 6.44. The van der Waals surface area contributed by atoms with Crippen molar-refractivity contribution in [2.24, 2.45) is 0 Å². The lowest BCUT2D eigenvalue weighted by molar-refractivity contribution is -0.113. The largest absolute Gasteiger partial charge is 0.494 e. The van der Waals surface area contributed by atoms with E-state index in [4.69, 9.17) is 4.74 Å². The van der Waals surface area contributed by atoms with Crippen LogP contribution < -0.4 is 14.8 Å². The number of hydrogen-bond donors (Lipinski definition) is 2. The zero-order valence-electron chi connectivity index (χ0n) is 15.2. The first-order chi connectivity index (χ1) is 12.1. The second kappa shape index (κ2) is 9.77. The average Bonchev–Trinajstić information content (AvgIpc) is 2.55. The van der Waals surface area contributed by atoms with Gasteiger partial charge in [-0.25, -0.2) is 16.8 Å². The van der Waals surface area contributed by atoms with E-state index in [2.05, 4.69) is 10.0 Å². The van der Waals surface area contributed by atoms with E-state index in [-0.39, 0.29) is 22.9 Å². The van der Waals surface area contributed by atoms with Crippen LogP contribution in [0.2, 0.25) is 0 Å². The Morgan fingerprint density at radius 2 is 1.81 bits per heavy atom. The average molecular weight is 407 g/mol. The molecular formula is C16H26N2O6S2. The number of ether oxygens (including phenoxy) is 1. The Hall–Kier alpha value is -1.81. The predicted molar refractivity (Wildman–Crippen MR) is 103 cm³/mol. The fourth-order valence-electron chi connectivity index (χ4n) is 2.13. The van der Waals surface area contributed by atoms with Gasteiger partial charge in [-0.2, -0.15) is 0 Å². The minimum Gasteiger partial charge on any atom is -0.494 e. The molecule has 1 aromatic rings. The highest BCUT2D eigenvalue weighted by atomic mass is 32.2. The van der Waals surface area contributed by atoms with Crippen molar-refractivity contribution in [2.45, 2.75) is 33.1 Å². The third kappa shape index (κ3) is 7.61. The van der Waals surface area contributed by atoms with Crippen LogP contribution in [0.3, 0.4) is 0 Å². The van der Waals surface area contributed by atoms with Crippen LogP contribution in [0.1, 0.15) is 33.1 Å². The van der Waals surface area contributed by atoms with Gasteiger partial charge in [0.1, 0.15) is 11.5 Å². The van der Waals surface area contributed by atoms with Crippen LogP contribution in [0.15, 0.2) is 18.2 Å². The van der Waals surface area contributed by atoms with Crippen molar-refractivity contribution in [1.82, 2.24) is 0 Å². The SMILES string of the molecule is CCCCCS(=O)(=O)CC(=O)Nc1ccc(NS(=O)(=O)CC)c(OC)c1. The molecule has 0 aliphatic heterocycles. The molecule has 0 aliphatic rings. The number of carbonyl (C=O) groups is 1. The highest BCUT2D eigenvalue weighted by molar-refractivity contribution is 7.92. The molecule has 0 aliphatic carbocycles. The van der Waals surface area contributed by atoms with Gasteiger partial charge in [0.2, 0.25) is 15.9 Å². The number of carbonyl (C=O) groups excluding carboxylic acids is 1. The molecule has 1 amide bonds. The topological polar surface area (TPSA) is 119 Å². The maximum Gasteiger partial charge on any atom is 0.239 e. The number of hydrogen-bond acceptors (Lipinski definition) is 6. The van der Waals surface area contributed by atoms with Crippen molar-refractivity contribution in [3.05, 3.63) is 18.2 Å². The van der Waals surface area contributed by atoms with E-state index < -0.39 is 31.5 Å². The maximum absolute atomic E-state index is 12.0. The smallest absolute Gasteiger partial charge is 0.239 e. The van der Waals surface area contributed by atoms with E-state index in [9.17, 15) is 21.6 Å². The number of sulfone groups is 1. The fourth-order valence-corrected chi connectivity index (χ4v) is 4.04. The number of sulfonamides is 1. The highest BCUT2D eigenvalue weighted by Gasteiger charge is 2.17. The standard InChI is InChI=1S/C16H26N2O6S2/c1-4-6-7-10-25(20,21)12-16(19)17-13-8-9-14(15(11-13)24-3)18-26(22,23)5-2/h8-9,11,18H,4-7,10,12H2,1-3H3,(H,17,19). The van der Waals surface area contributed by atoms with Crippen LogP contribution in [-0.4, -0.2) is 47.1 Å². The molecule has 8 nitrogen and oxygen atoms in total. The van der Waals surface area contributed by atoms with Gasteiger partial charge in [-0.3, -0.25) is 9.52 Å². The van der Waals surface area contributed by atoms with Gasteiger partial charge in [0.25, 0.3) is 0 Å². The molecule has 0 heterocycles. The maximum atomic E-state index is 12.0. The summed E-state index contributed by atoms with van der Waals surface area (Å²) in [6.45, 7) is 3.47. The van der Waals surface area contributed by atoms with Crippen molar-refractivity contribution in [2.75, 3.05) is 34.4 Å². The van der Waals surface area contributed by atoms with Crippen LogP contribution in [0.5, 0.6) is 5.75 Å². The Balaban J connectivity index is 2.80. The molecular weight excluding hydrogens is 380 g/mol. The van der Waals surface area contributed by atoms with Gasteiger partial charge in [0, 0.05) is 11.8 Å². The van der Waals surface area contributed by atoms with Crippen molar-refractivity contribution < 1.29 is 26.4 Å². The highest BCUT2D eigenvalue weighted by Crippen LogP contribution is 2.28. The second-order valence-electron chi connectivity index (χ2n) is 5.77. The summed E-state index contributed by atoms with van der Waals surface area (Å²) in [6.07, 6.45) is 2.23. The second-order valence-corrected chi connectivity index (χ2v) is 9.96. The van der Waals surface area contributed by atoms with Crippen LogP contribution in [0, 0.1) is 0 Å². The monoisotopic (exact) mass is 406 g/mol. The number of amides is 1. The van der Waals surface area contributed by atoms with Gasteiger partial charge < -0.3 is 10.1 Å². The molecule has 0 fully saturated rings. The van der Waals surface area contributed by atoms with E-state index >= 15 is 0 Å². The fraction of sp³-hybridized carbons (Fsp3) is 0.562. The molecule has 1 rings (SSSR count). The molecule has 0 atom stereocenters. The Kier molecular flexibility index (Phi) is 8.35. The Morgan fingerprint density at radius 3 is 2.38 bits per heavy atom. The Bertz CT molecular complexity index is 819. The number of rotatable bonds is 11. The molecule has 148 valence electrons. The minimum atomic E-state index is -3.47. The third-order valence-electron chi connectivity index (χ3n) is 3.54. The quantitative estimate of drug-likeness (QED) is 0.543. The van der Waals surface area contributed by atoms with E-state index in [1.165, 1.54) is 32.2 Å². The van der Waals surface area contributed by atoms with Gasteiger partial charge in [-0.1, -0.05) is 19.8 Å². The van der Waals surface area contributed by atoms with Crippen LogP contribution >= 0.6 is 0 Å². The molecule has 0 saturated carbocycles. The summed E-state index contributed by atoms with van der Waals surface area (Å²) in [5, 5.41) is 2.49. The summed E-state index contributed by atoms with van der Waals surface area (Å²) in [6, 6.07) is 4.34. The zero-order valence-corrected chi connectivity index (χ0v) is 16.9. The summed E-state index contributed by atoms with van der Waals surface area (Å²) >= 11 is 0. The molecule has 0 radical (unpaired) electrons. The lowest BCUT2D eigenvalue weighted by atomic mass is 10.2. The van der Waals surface area contributed by atoms with Gasteiger partial charge in [-0.15, -0.1) is 0 Å². The van der Waals surface area contributed by atoms with Gasteiger partial charge >= 0.3 is 0 Å². The lowest BCUT2D eigenvalue weighted by Gasteiger charge is -2.13. The molecule has 0 bridgehead atoms. The normalized spacial score (nSPS) is 11.8. The number of benzene rings is 1. The van der Waals surface area contributed by atoms with Crippen LogP contribution in [0.4, 0.5) is 11.4 Å². The molecule has 0 spiro atoms. The predicted octanol–water partition coefficient (Wildman–Crippen LogP) is 2.00. The molecule has 0 aromatic heterocycles. The van der Waals surface area contributed by atoms with Gasteiger partial charge in [0.05, 0.1) is 24.3 Å². The van der Waals surface area contributed by atoms with Crippen LogP contribution in [0.25, 0.3) is 0 Å². The van der Waals surface area contributed by atoms with Crippen molar-refractivity contribution in [1.29, 1.82) is 0 Å². The van der Waals surface area contributed by atoms with Gasteiger partial charge in [0.15, 0.2) is 9.84 Å². The molecule has 0 unspecified atom stereocenters. The Labute approximate surface area is 155 Å². The summed E-state index contributed by atoms with van der Waals surface area (Å²) in [7, 11) is -5.57. The zero-order chi connectivity index (χ0) is 19.8. The minimum absolute atomic E-state index is 0.0185. The Morgan fingerprint density at radius 1 is 1.12 bits per heavy atom. The molecule has 26 heavy (non-hydrogen) atoms. The summed E-state index contributed by atoms with van der Waals surface area (Å²) in [4.78, 5) is 12.0. The lowest BCUT2D eigenvalue weighted by Crippen LogP contribution is -2.24. The van der Waals surface area contributed by atoms with E-state index in [0.29, 0.717) is 12.1 Å². The number of anilines is 2. The first kappa shape index (κ1) is 22.2. The number of nitrogens with one attached hydrogen (secondary N) is 2. The van der Waals surface area contributed by atoms with E-state index in [1.54, 1.807) is 0 Å². The summed E-state index contributed by atoms with van der Waals surface area (Å²) < 4.78 is 54.6. The van der Waals surface area contributed by atoms with Crippen molar-refractivity contribution in [3.8, 4) is 5.75 Å². The van der Waals surface area contributed by atoms with Crippen molar-refractivity contribution >= 4 is 37.1 Å². The molecule has 1 aromatic carbocycles. The van der Waals surface area contributed by atoms with Crippen LogP contribution in [-0.2, 0) is 24.7 Å². The number of methoxy groups -OCH3 is 1. The van der Waals surface area contributed by atoms with Crippen molar-refractivity contribution in [3.63, 3.8) is 0 Å².